The minimum Gasteiger partial charge on any atom is -0.311 e. The molecule has 0 spiro atoms. The fourth-order valence-electron chi connectivity index (χ4n) is 1.98. The molecule has 0 aromatic carbocycles. The third-order valence-corrected chi connectivity index (χ3v) is 2.73. The van der Waals surface area contributed by atoms with E-state index in [0.29, 0.717) is 37.4 Å². The summed E-state index contributed by atoms with van der Waals surface area (Å²) >= 11 is 0. The fourth-order valence-corrected chi connectivity index (χ4v) is 1.98. The highest BCUT2D eigenvalue weighted by Gasteiger charge is 2.37. The summed E-state index contributed by atoms with van der Waals surface area (Å²) in [6.07, 6.45) is -2.82. The molecule has 0 saturated heterocycles. The van der Waals surface area contributed by atoms with Crippen LogP contribution in [0.4, 0.5) is 13.2 Å². The van der Waals surface area contributed by atoms with Crippen molar-refractivity contribution in [3.05, 3.63) is 22.8 Å². The number of aryl methyl sites for hydroxylation is 1. The first-order chi connectivity index (χ1) is 8.02. The smallest absolute Gasteiger partial charge is 0.311 e. The van der Waals surface area contributed by atoms with Crippen molar-refractivity contribution < 1.29 is 13.2 Å². The summed E-state index contributed by atoms with van der Waals surface area (Å²) in [4.78, 5) is 7.89. The van der Waals surface area contributed by atoms with Gasteiger partial charge in [0, 0.05) is 18.5 Å². The summed E-state index contributed by atoms with van der Waals surface area (Å²) in [7, 11) is 0. The monoisotopic (exact) mass is 245 g/mol. The topological polar surface area (TPSA) is 37.8 Å². The number of nitrogens with zero attached hydrogens (tertiary/aromatic N) is 2. The van der Waals surface area contributed by atoms with Crippen LogP contribution in [0.25, 0.3) is 0 Å². The molecule has 0 radical (unpaired) electrons. The quantitative estimate of drug-likeness (QED) is 0.867. The SMILES string of the molecule is CCCc1nc2c(c(C(F)(F)F)n1)CCNC2. The standard InChI is InChI=1S/C11H14F3N3/c1-2-3-9-16-8-6-15-5-4-7(8)10(17-9)11(12,13)14/h15H,2-6H2,1H3. The fraction of sp³-hybridized carbons (Fsp3) is 0.636. The molecular formula is C11H14F3N3. The lowest BCUT2D eigenvalue weighted by molar-refractivity contribution is -0.142. The molecule has 0 bridgehead atoms. The van der Waals surface area contributed by atoms with Gasteiger partial charge in [0.15, 0.2) is 5.69 Å². The molecule has 0 saturated carbocycles. The molecule has 1 aliphatic rings. The highest BCUT2D eigenvalue weighted by Crippen LogP contribution is 2.32. The zero-order valence-electron chi connectivity index (χ0n) is 9.56. The molecule has 0 amide bonds. The van der Waals surface area contributed by atoms with E-state index in [-0.39, 0.29) is 5.56 Å². The number of halogens is 3. The maximum Gasteiger partial charge on any atom is 0.433 e. The summed E-state index contributed by atoms with van der Waals surface area (Å²) in [5.74, 6) is 0.294. The van der Waals surface area contributed by atoms with E-state index in [2.05, 4.69) is 15.3 Å². The largest absolute Gasteiger partial charge is 0.433 e. The molecule has 17 heavy (non-hydrogen) atoms. The van der Waals surface area contributed by atoms with Crippen molar-refractivity contribution in [2.24, 2.45) is 0 Å². The summed E-state index contributed by atoms with van der Waals surface area (Å²) in [6.45, 7) is 2.85. The van der Waals surface area contributed by atoms with E-state index in [9.17, 15) is 13.2 Å². The summed E-state index contributed by atoms with van der Waals surface area (Å²) < 4.78 is 38.7. The minimum atomic E-state index is -4.38. The number of alkyl halides is 3. The second kappa shape index (κ2) is 4.60. The molecule has 0 aliphatic carbocycles. The molecule has 6 heteroatoms. The van der Waals surface area contributed by atoms with Crippen LogP contribution < -0.4 is 5.32 Å². The van der Waals surface area contributed by atoms with Gasteiger partial charge in [-0.15, -0.1) is 0 Å². The Bertz CT molecular complexity index is 415. The van der Waals surface area contributed by atoms with Gasteiger partial charge < -0.3 is 5.32 Å². The Hall–Kier alpha value is -1.17. The van der Waals surface area contributed by atoms with Gasteiger partial charge in [-0.2, -0.15) is 13.2 Å². The molecule has 1 aliphatic heterocycles. The Labute approximate surface area is 97.5 Å². The van der Waals surface area contributed by atoms with E-state index in [0.717, 1.165) is 6.42 Å². The van der Waals surface area contributed by atoms with Gasteiger partial charge in [-0.3, -0.25) is 0 Å². The van der Waals surface area contributed by atoms with Gasteiger partial charge >= 0.3 is 6.18 Å². The second-order valence-electron chi connectivity index (χ2n) is 4.09. The zero-order valence-corrected chi connectivity index (χ0v) is 9.56. The average molecular weight is 245 g/mol. The molecule has 1 aromatic heterocycles. The number of nitrogens with one attached hydrogen (secondary N) is 1. The van der Waals surface area contributed by atoms with E-state index in [4.69, 9.17) is 0 Å². The van der Waals surface area contributed by atoms with Crippen molar-refractivity contribution in [2.45, 2.75) is 38.9 Å². The molecule has 2 heterocycles. The molecule has 0 unspecified atom stereocenters. The third kappa shape index (κ3) is 2.57. The highest BCUT2D eigenvalue weighted by atomic mass is 19.4. The highest BCUT2D eigenvalue weighted by molar-refractivity contribution is 5.30. The van der Waals surface area contributed by atoms with Crippen LogP contribution in [-0.2, 0) is 25.6 Å². The summed E-state index contributed by atoms with van der Waals surface area (Å²) in [6, 6.07) is 0. The number of hydrogen-bond donors (Lipinski definition) is 1. The minimum absolute atomic E-state index is 0.260. The van der Waals surface area contributed by atoms with Crippen LogP contribution >= 0.6 is 0 Å². The van der Waals surface area contributed by atoms with Crippen LogP contribution in [0.15, 0.2) is 0 Å². The predicted molar refractivity (Wildman–Crippen MR) is 56.4 cm³/mol. The number of fused-ring (bicyclic) bond motifs is 1. The van der Waals surface area contributed by atoms with E-state index < -0.39 is 11.9 Å². The predicted octanol–water partition coefficient (Wildman–Crippen LogP) is 2.09. The van der Waals surface area contributed by atoms with Crippen LogP contribution in [0.1, 0.15) is 36.1 Å². The maximum atomic E-state index is 12.9. The van der Waals surface area contributed by atoms with Gasteiger partial charge in [-0.1, -0.05) is 6.92 Å². The Kier molecular flexibility index (Phi) is 3.33. The van der Waals surface area contributed by atoms with E-state index in [1.807, 2.05) is 6.92 Å². The Morgan fingerprint density at radius 3 is 2.71 bits per heavy atom. The van der Waals surface area contributed by atoms with E-state index >= 15 is 0 Å². The van der Waals surface area contributed by atoms with Crippen LogP contribution in [-0.4, -0.2) is 16.5 Å². The Morgan fingerprint density at radius 1 is 1.29 bits per heavy atom. The molecule has 0 fully saturated rings. The van der Waals surface area contributed by atoms with Crippen LogP contribution in [0.2, 0.25) is 0 Å². The first kappa shape index (κ1) is 12.3. The third-order valence-electron chi connectivity index (χ3n) is 2.73. The van der Waals surface area contributed by atoms with Crippen LogP contribution in [0, 0.1) is 0 Å². The Balaban J connectivity index is 2.50. The van der Waals surface area contributed by atoms with Gasteiger partial charge in [-0.05, 0) is 19.4 Å². The Morgan fingerprint density at radius 2 is 2.06 bits per heavy atom. The molecule has 3 nitrogen and oxygen atoms in total. The van der Waals surface area contributed by atoms with Crippen molar-refractivity contribution in [1.29, 1.82) is 0 Å². The first-order valence-electron chi connectivity index (χ1n) is 5.69. The van der Waals surface area contributed by atoms with Crippen molar-refractivity contribution >= 4 is 0 Å². The van der Waals surface area contributed by atoms with Crippen molar-refractivity contribution in [2.75, 3.05) is 6.54 Å². The number of aromatic nitrogens is 2. The maximum absolute atomic E-state index is 12.9. The second-order valence-corrected chi connectivity index (χ2v) is 4.09. The summed E-state index contributed by atoms with van der Waals surface area (Å²) in [5.41, 5.74) is 0.0191. The van der Waals surface area contributed by atoms with Gasteiger partial charge in [0.1, 0.15) is 5.82 Å². The molecular weight excluding hydrogens is 231 g/mol. The van der Waals surface area contributed by atoms with Crippen LogP contribution in [0.5, 0.6) is 0 Å². The lowest BCUT2D eigenvalue weighted by atomic mass is 10.0. The normalized spacial score (nSPS) is 15.8. The number of hydrogen-bond acceptors (Lipinski definition) is 3. The molecule has 1 aromatic rings. The lowest BCUT2D eigenvalue weighted by Crippen LogP contribution is -2.29. The van der Waals surface area contributed by atoms with Gasteiger partial charge in [-0.25, -0.2) is 9.97 Å². The van der Waals surface area contributed by atoms with Crippen LogP contribution in [0.3, 0.4) is 0 Å². The van der Waals surface area contributed by atoms with Crippen molar-refractivity contribution in [1.82, 2.24) is 15.3 Å². The van der Waals surface area contributed by atoms with Gasteiger partial charge in [0.25, 0.3) is 0 Å². The van der Waals surface area contributed by atoms with Crippen molar-refractivity contribution in [3.8, 4) is 0 Å². The van der Waals surface area contributed by atoms with Crippen molar-refractivity contribution in [3.63, 3.8) is 0 Å². The molecule has 1 N–H and O–H groups in total. The van der Waals surface area contributed by atoms with Gasteiger partial charge in [0.2, 0.25) is 0 Å². The zero-order chi connectivity index (χ0) is 12.5. The average Bonchev–Trinajstić information content (AvgIpc) is 2.27. The van der Waals surface area contributed by atoms with E-state index in [1.165, 1.54) is 0 Å². The lowest BCUT2D eigenvalue weighted by Gasteiger charge is -2.21. The first-order valence-corrected chi connectivity index (χ1v) is 5.69. The van der Waals surface area contributed by atoms with Gasteiger partial charge in [0.05, 0.1) is 5.69 Å². The summed E-state index contributed by atoms with van der Waals surface area (Å²) in [5, 5.41) is 3.03. The molecule has 0 atom stereocenters. The number of rotatable bonds is 2. The molecule has 2 rings (SSSR count). The molecule has 94 valence electrons. The van der Waals surface area contributed by atoms with E-state index in [1.54, 1.807) is 0 Å².